The van der Waals surface area contributed by atoms with Crippen LogP contribution in [0.3, 0.4) is 0 Å². The van der Waals surface area contributed by atoms with Crippen molar-refractivity contribution in [3.63, 3.8) is 0 Å². The Kier molecular flexibility index (Phi) is 6.27. The van der Waals surface area contributed by atoms with E-state index in [4.69, 9.17) is 10.6 Å². The fraction of sp³-hybridized carbons (Fsp3) is 0.538. The lowest BCUT2D eigenvalue weighted by Crippen LogP contribution is -2.29. The molecule has 1 aromatic rings. The fourth-order valence-corrected chi connectivity index (χ4v) is 2.38. The molecule has 5 nitrogen and oxygen atoms in total. The predicted octanol–water partition coefficient (Wildman–Crippen LogP) is 1.41. The van der Waals surface area contributed by atoms with Crippen LogP contribution >= 0.6 is 0 Å². The summed E-state index contributed by atoms with van der Waals surface area (Å²) in [5.41, 5.74) is 3.58. The van der Waals surface area contributed by atoms with Gasteiger partial charge < -0.3 is 4.74 Å². The lowest BCUT2D eigenvalue weighted by atomic mass is 10.1. The first-order chi connectivity index (χ1) is 8.96. The van der Waals surface area contributed by atoms with E-state index in [1.165, 1.54) is 6.26 Å². The molecule has 0 spiro atoms. The first-order valence-electron chi connectivity index (χ1n) is 6.33. The van der Waals surface area contributed by atoms with Gasteiger partial charge in [-0.15, -0.1) is 0 Å². The topological polar surface area (TPSA) is 81.4 Å². The van der Waals surface area contributed by atoms with E-state index in [-0.39, 0.29) is 11.8 Å². The van der Waals surface area contributed by atoms with Crippen LogP contribution in [0.15, 0.2) is 24.3 Å². The van der Waals surface area contributed by atoms with E-state index in [0.717, 1.165) is 17.7 Å². The van der Waals surface area contributed by atoms with Gasteiger partial charge in [0.2, 0.25) is 0 Å². The number of rotatable bonds is 8. The molecule has 0 amide bonds. The van der Waals surface area contributed by atoms with E-state index in [1.54, 1.807) is 0 Å². The average Bonchev–Trinajstić information content (AvgIpc) is 2.36. The van der Waals surface area contributed by atoms with Gasteiger partial charge in [-0.1, -0.05) is 19.1 Å². The SMILES string of the molecule is CCCOc1cccc(C(CCS(C)(=O)=O)NN)c1. The number of hydrogen-bond acceptors (Lipinski definition) is 5. The Balaban J connectivity index is 2.74. The molecule has 0 aliphatic heterocycles. The smallest absolute Gasteiger partial charge is 0.147 e. The molecule has 0 aromatic heterocycles. The van der Waals surface area contributed by atoms with Crippen molar-refractivity contribution in [2.75, 3.05) is 18.6 Å². The van der Waals surface area contributed by atoms with E-state index in [0.29, 0.717) is 13.0 Å². The molecule has 1 unspecified atom stereocenters. The third kappa shape index (κ3) is 6.04. The van der Waals surface area contributed by atoms with Crippen LogP contribution in [0.4, 0.5) is 0 Å². The summed E-state index contributed by atoms with van der Waals surface area (Å²) < 4.78 is 27.9. The first kappa shape index (κ1) is 15.9. The maximum absolute atomic E-state index is 11.2. The maximum Gasteiger partial charge on any atom is 0.147 e. The zero-order valence-corrected chi connectivity index (χ0v) is 12.2. The predicted molar refractivity (Wildman–Crippen MR) is 76.6 cm³/mol. The van der Waals surface area contributed by atoms with Crippen LogP contribution in [0.5, 0.6) is 5.75 Å². The van der Waals surface area contributed by atoms with Gasteiger partial charge in [0, 0.05) is 12.3 Å². The molecular formula is C13H22N2O3S. The largest absolute Gasteiger partial charge is 0.494 e. The molecule has 0 heterocycles. The Labute approximate surface area is 115 Å². The zero-order valence-electron chi connectivity index (χ0n) is 11.4. The molecule has 108 valence electrons. The molecule has 1 rings (SSSR count). The van der Waals surface area contributed by atoms with Crippen LogP contribution in [0.25, 0.3) is 0 Å². The normalized spacial score (nSPS) is 13.2. The Morgan fingerprint density at radius 2 is 2.16 bits per heavy atom. The summed E-state index contributed by atoms with van der Waals surface area (Å²) in [6.07, 6.45) is 2.60. The second-order valence-corrected chi connectivity index (χ2v) is 6.82. The van der Waals surface area contributed by atoms with Crippen LogP contribution in [0.2, 0.25) is 0 Å². The van der Waals surface area contributed by atoms with Crippen molar-refractivity contribution in [2.24, 2.45) is 5.84 Å². The lowest BCUT2D eigenvalue weighted by molar-refractivity contribution is 0.316. The van der Waals surface area contributed by atoms with Gasteiger partial charge in [0.15, 0.2) is 0 Å². The number of sulfone groups is 1. The lowest BCUT2D eigenvalue weighted by Gasteiger charge is -2.16. The van der Waals surface area contributed by atoms with Gasteiger partial charge in [-0.05, 0) is 30.5 Å². The Hall–Kier alpha value is -1.11. The molecule has 1 atom stereocenters. The third-order valence-electron chi connectivity index (χ3n) is 2.71. The average molecular weight is 286 g/mol. The highest BCUT2D eigenvalue weighted by atomic mass is 32.2. The van der Waals surface area contributed by atoms with Crippen molar-refractivity contribution in [2.45, 2.75) is 25.8 Å². The number of hydrogen-bond donors (Lipinski definition) is 2. The van der Waals surface area contributed by atoms with Crippen molar-refractivity contribution >= 4 is 9.84 Å². The van der Waals surface area contributed by atoms with Gasteiger partial charge in [0.05, 0.1) is 12.4 Å². The van der Waals surface area contributed by atoms with Crippen LogP contribution in [-0.2, 0) is 9.84 Å². The maximum atomic E-state index is 11.2. The molecule has 0 fully saturated rings. The minimum absolute atomic E-state index is 0.0991. The number of nitrogens with two attached hydrogens (primary N) is 1. The van der Waals surface area contributed by atoms with Gasteiger partial charge in [0.1, 0.15) is 15.6 Å². The van der Waals surface area contributed by atoms with Gasteiger partial charge in [-0.25, -0.2) is 8.42 Å². The van der Waals surface area contributed by atoms with E-state index in [1.807, 2.05) is 31.2 Å². The summed E-state index contributed by atoms with van der Waals surface area (Å²) >= 11 is 0. The minimum atomic E-state index is -2.99. The van der Waals surface area contributed by atoms with E-state index in [9.17, 15) is 8.42 Å². The van der Waals surface area contributed by atoms with E-state index >= 15 is 0 Å². The molecule has 0 saturated heterocycles. The van der Waals surface area contributed by atoms with Crippen LogP contribution in [0.1, 0.15) is 31.4 Å². The quantitative estimate of drug-likeness (QED) is 0.558. The summed E-state index contributed by atoms with van der Waals surface area (Å²) in [5.74, 6) is 6.37. The van der Waals surface area contributed by atoms with Gasteiger partial charge >= 0.3 is 0 Å². The summed E-state index contributed by atoms with van der Waals surface area (Å²) in [5, 5.41) is 0. The summed E-state index contributed by atoms with van der Waals surface area (Å²) in [7, 11) is -2.99. The minimum Gasteiger partial charge on any atom is -0.494 e. The molecule has 0 aliphatic carbocycles. The van der Waals surface area contributed by atoms with E-state index in [2.05, 4.69) is 5.43 Å². The number of benzene rings is 1. The third-order valence-corrected chi connectivity index (χ3v) is 3.69. The highest BCUT2D eigenvalue weighted by molar-refractivity contribution is 7.90. The molecule has 0 radical (unpaired) electrons. The number of ether oxygens (including phenoxy) is 1. The number of hydrazine groups is 1. The molecule has 3 N–H and O–H groups in total. The molecule has 19 heavy (non-hydrogen) atoms. The Morgan fingerprint density at radius 1 is 1.42 bits per heavy atom. The summed E-state index contributed by atoms with van der Waals surface area (Å²) in [4.78, 5) is 0. The van der Waals surface area contributed by atoms with Crippen molar-refractivity contribution in [3.8, 4) is 5.75 Å². The molecule has 0 saturated carbocycles. The molecular weight excluding hydrogens is 264 g/mol. The van der Waals surface area contributed by atoms with Gasteiger partial charge in [-0.2, -0.15) is 0 Å². The fourth-order valence-electron chi connectivity index (χ4n) is 1.72. The summed E-state index contributed by atoms with van der Waals surface area (Å²) in [6.45, 7) is 2.70. The van der Waals surface area contributed by atoms with Crippen molar-refractivity contribution in [1.82, 2.24) is 5.43 Å². The van der Waals surface area contributed by atoms with Crippen molar-refractivity contribution < 1.29 is 13.2 Å². The zero-order chi connectivity index (χ0) is 14.3. The van der Waals surface area contributed by atoms with Gasteiger partial charge in [0.25, 0.3) is 0 Å². The highest BCUT2D eigenvalue weighted by Gasteiger charge is 2.13. The van der Waals surface area contributed by atoms with Crippen LogP contribution in [-0.4, -0.2) is 27.0 Å². The highest BCUT2D eigenvalue weighted by Crippen LogP contribution is 2.21. The molecule has 1 aromatic carbocycles. The van der Waals surface area contributed by atoms with Gasteiger partial charge in [-0.3, -0.25) is 11.3 Å². The van der Waals surface area contributed by atoms with Crippen LogP contribution < -0.4 is 16.0 Å². The Bertz CT molecular complexity index is 488. The monoisotopic (exact) mass is 286 g/mol. The van der Waals surface area contributed by atoms with E-state index < -0.39 is 9.84 Å². The molecule has 6 heteroatoms. The Morgan fingerprint density at radius 3 is 2.74 bits per heavy atom. The van der Waals surface area contributed by atoms with Crippen molar-refractivity contribution in [1.29, 1.82) is 0 Å². The standard InChI is InChI=1S/C13H22N2O3S/c1-3-8-18-12-6-4-5-11(10-12)13(15-14)7-9-19(2,16)17/h4-6,10,13,15H,3,7-9,14H2,1-2H3. The molecule has 0 aliphatic rings. The first-order valence-corrected chi connectivity index (χ1v) is 8.39. The van der Waals surface area contributed by atoms with Crippen LogP contribution in [0, 0.1) is 0 Å². The number of nitrogens with one attached hydrogen (secondary N) is 1. The second kappa shape index (κ2) is 7.47. The second-order valence-electron chi connectivity index (χ2n) is 4.56. The molecule has 0 bridgehead atoms. The van der Waals surface area contributed by atoms with Crippen molar-refractivity contribution in [3.05, 3.63) is 29.8 Å². The summed E-state index contributed by atoms with van der Waals surface area (Å²) in [6, 6.07) is 7.36.